The molecule has 1 fully saturated rings. The number of likely N-dealkylation sites (tertiary alicyclic amines) is 1. The molecule has 0 spiro atoms. The minimum absolute atomic E-state index is 0.0409. The van der Waals surface area contributed by atoms with E-state index in [1.807, 2.05) is 4.90 Å². The predicted molar refractivity (Wildman–Crippen MR) is 120 cm³/mol. The van der Waals surface area contributed by atoms with Crippen molar-refractivity contribution in [3.8, 4) is 5.06 Å². The van der Waals surface area contributed by atoms with Gasteiger partial charge in [-0.05, 0) is 47.3 Å². The standard InChI is InChI=1S/C24H30N2O3S/c1-24(2)12-18-20(19(27)13-24)23(29-3)30-21(18)22(28)26-9-7-16(8-10-26)17-6-4-5-15(11-17)14-25/h4-6,11,16H,7-10,12-14,25H2,1-3H3. The third-order valence-corrected chi connectivity index (χ3v) is 7.55. The number of thiophene rings is 1. The van der Waals surface area contributed by atoms with E-state index in [2.05, 4.69) is 38.1 Å². The van der Waals surface area contributed by atoms with Gasteiger partial charge in [-0.15, -0.1) is 0 Å². The van der Waals surface area contributed by atoms with Crippen molar-refractivity contribution >= 4 is 23.0 Å². The number of amides is 1. The number of nitrogens with zero attached hydrogens (tertiary/aromatic N) is 1. The smallest absolute Gasteiger partial charge is 0.264 e. The summed E-state index contributed by atoms with van der Waals surface area (Å²) >= 11 is 1.34. The predicted octanol–water partition coefficient (Wildman–Crippen LogP) is 4.39. The number of fused-ring (bicyclic) bond motifs is 1. The molecule has 1 aliphatic heterocycles. The van der Waals surface area contributed by atoms with E-state index in [1.165, 1.54) is 16.9 Å². The van der Waals surface area contributed by atoms with Crippen LogP contribution in [0.25, 0.3) is 0 Å². The van der Waals surface area contributed by atoms with Crippen LogP contribution in [0.15, 0.2) is 24.3 Å². The molecular weight excluding hydrogens is 396 g/mol. The van der Waals surface area contributed by atoms with Gasteiger partial charge in [-0.2, -0.15) is 0 Å². The summed E-state index contributed by atoms with van der Waals surface area (Å²) in [5.41, 5.74) is 9.64. The van der Waals surface area contributed by atoms with Gasteiger partial charge in [-0.25, -0.2) is 0 Å². The number of nitrogens with two attached hydrogens (primary N) is 1. The first-order valence-corrected chi connectivity index (χ1v) is 11.5. The molecule has 2 aliphatic rings. The molecule has 1 saturated heterocycles. The maximum Gasteiger partial charge on any atom is 0.264 e. The van der Waals surface area contributed by atoms with Crippen molar-refractivity contribution in [2.45, 2.75) is 52.0 Å². The second-order valence-electron chi connectivity index (χ2n) is 9.23. The van der Waals surface area contributed by atoms with Gasteiger partial charge in [0.1, 0.15) is 0 Å². The van der Waals surface area contributed by atoms with Crippen molar-refractivity contribution in [1.29, 1.82) is 0 Å². The van der Waals surface area contributed by atoms with E-state index in [0.29, 0.717) is 34.4 Å². The molecule has 5 nitrogen and oxygen atoms in total. The molecular formula is C24H30N2O3S. The maximum absolute atomic E-state index is 13.4. The number of Topliss-reactive ketones (excluding diaryl/α,β-unsaturated/α-hetero) is 1. The molecule has 4 rings (SSSR count). The number of piperidine rings is 1. The topological polar surface area (TPSA) is 72.6 Å². The molecule has 1 aliphatic carbocycles. The SMILES string of the molecule is COc1sc(C(=O)N2CCC(c3cccc(CN)c3)CC2)c2c1C(=O)CC(C)(C)C2. The zero-order chi connectivity index (χ0) is 21.5. The van der Waals surface area contributed by atoms with E-state index in [-0.39, 0.29) is 17.1 Å². The Hall–Kier alpha value is -2.18. The lowest BCUT2D eigenvalue weighted by atomic mass is 9.74. The number of carbonyl (C=O) groups excluding carboxylic acids is 2. The van der Waals surface area contributed by atoms with Gasteiger partial charge in [-0.3, -0.25) is 9.59 Å². The third-order valence-electron chi connectivity index (χ3n) is 6.37. The molecule has 6 heteroatoms. The monoisotopic (exact) mass is 426 g/mol. The van der Waals surface area contributed by atoms with Crippen LogP contribution in [0.3, 0.4) is 0 Å². The van der Waals surface area contributed by atoms with Crippen molar-refractivity contribution in [2.75, 3.05) is 20.2 Å². The first-order chi connectivity index (χ1) is 14.3. The van der Waals surface area contributed by atoms with Crippen LogP contribution in [-0.2, 0) is 13.0 Å². The lowest BCUT2D eigenvalue weighted by Gasteiger charge is -2.33. The van der Waals surface area contributed by atoms with Gasteiger partial charge in [-0.1, -0.05) is 49.4 Å². The molecule has 2 N–H and O–H groups in total. The van der Waals surface area contributed by atoms with Crippen molar-refractivity contribution in [2.24, 2.45) is 11.1 Å². The van der Waals surface area contributed by atoms with E-state index in [1.54, 1.807) is 7.11 Å². The molecule has 0 bridgehead atoms. The number of methoxy groups -OCH3 is 1. The first kappa shape index (κ1) is 21.1. The molecule has 0 atom stereocenters. The molecule has 1 aromatic heterocycles. The zero-order valence-electron chi connectivity index (χ0n) is 18.0. The van der Waals surface area contributed by atoms with E-state index in [9.17, 15) is 9.59 Å². The van der Waals surface area contributed by atoms with Crippen LogP contribution >= 0.6 is 11.3 Å². The van der Waals surface area contributed by atoms with Gasteiger partial charge in [0.25, 0.3) is 5.91 Å². The molecule has 2 heterocycles. The molecule has 160 valence electrons. The molecule has 30 heavy (non-hydrogen) atoms. The van der Waals surface area contributed by atoms with E-state index >= 15 is 0 Å². The van der Waals surface area contributed by atoms with Crippen molar-refractivity contribution in [3.05, 3.63) is 51.4 Å². The minimum atomic E-state index is -0.133. The lowest BCUT2D eigenvalue weighted by Crippen LogP contribution is -2.38. The number of ether oxygens (including phenoxy) is 1. The number of hydrogen-bond donors (Lipinski definition) is 1. The van der Waals surface area contributed by atoms with Crippen molar-refractivity contribution < 1.29 is 14.3 Å². The maximum atomic E-state index is 13.4. The van der Waals surface area contributed by atoms with Crippen LogP contribution in [0.5, 0.6) is 5.06 Å². The average Bonchev–Trinajstić information content (AvgIpc) is 3.11. The van der Waals surface area contributed by atoms with E-state index in [0.717, 1.165) is 43.5 Å². The Morgan fingerprint density at radius 1 is 1.27 bits per heavy atom. The highest BCUT2D eigenvalue weighted by Crippen LogP contribution is 2.45. The van der Waals surface area contributed by atoms with Crippen LogP contribution in [0.4, 0.5) is 0 Å². The average molecular weight is 427 g/mol. The number of ketones is 1. The highest BCUT2D eigenvalue weighted by molar-refractivity contribution is 7.16. The minimum Gasteiger partial charge on any atom is -0.487 e. The fraction of sp³-hybridized carbons (Fsp3) is 0.500. The summed E-state index contributed by atoms with van der Waals surface area (Å²) in [7, 11) is 1.58. The first-order valence-electron chi connectivity index (χ1n) is 10.6. The Bertz CT molecular complexity index is 971. The third kappa shape index (κ3) is 3.91. The number of benzene rings is 1. The highest BCUT2D eigenvalue weighted by Gasteiger charge is 2.39. The molecule has 0 saturated carbocycles. The second kappa shape index (κ2) is 8.16. The van der Waals surface area contributed by atoms with Crippen LogP contribution in [0.2, 0.25) is 0 Å². The Morgan fingerprint density at radius 3 is 2.67 bits per heavy atom. The largest absolute Gasteiger partial charge is 0.487 e. The van der Waals surface area contributed by atoms with Gasteiger partial charge < -0.3 is 15.4 Å². The molecule has 2 aromatic rings. The van der Waals surface area contributed by atoms with Crippen molar-refractivity contribution in [3.63, 3.8) is 0 Å². The zero-order valence-corrected chi connectivity index (χ0v) is 18.8. The van der Waals surface area contributed by atoms with E-state index < -0.39 is 0 Å². The van der Waals surface area contributed by atoms with Crippen LogP contribution < -0.4 is 10.5 Å². The number of rotatable bonds is 4. The number of hydrogen-bond acceptors (Lipinski definition) is 5. The summed E-state index contributed by atoms with van der Waals surface area (Å²) in [5, 5.41) is 0.585. The van der Waals surface area contributed by atoms with Gasteiger partial charge >= 0.3 is 0 Å². The Labute approximate surface area is 182 Å². The van der Waals surface area contributed by atoms with Gasteiger partial charge in [0.05, 0.1) is 17.6 Å². The normalized spacial score (nSPS) is 18.9. The molecule has 1 aromatic carbocycles. The Kier molecular flexibility index (Phi) is 5.73. The summed E-state index contributed by atoms with van der Waals surface area (Å²) < 4.78 is 5.48. The van der Waals surface area contributed by atoms with Crippen molar-refractivity contribution in [1.82, 2.24) is 4.90 Å². The summed E-state index contributed by atoms with van der Waals surface area (Å²) in [5.74, 6) is 0.582. The second-order valence-corrected chi connectivity index (χ2v) is 10.2. The van der Waals surface area contributed by atoms with Crippen LogP contribution in [-0.4, -0.2) is 36.8 Å². The van der Waals surface area contributed by atoms with E-state index in [4.69, 9.17) is 10.5 Å². The Morgan fingerprint density at radius 2 is 2.00 bits per heavy atom. The molecule has 1 amide bonds. The van der Waals surface area contributed by atoms with Gasteiger partial charge in [0.15, 0.2) is 10.8 Å². The fourth-order valence-electron chi connectivity index (χ4n) is 4.81. The van der Waals surface area contributed by atoms with Crippen LogP contribution in [0, 0.1) is 5.41 Å². The lowest BCUT2D eigenvalue weighted by molar-refractivity contribution is 0.0716. The quantitative estimate of drug-likeness (QED) is 0.787. The number of carbonyl (C=O) groups is 2. The highest BCUT2D eigenvalue weighted by atomic mass is 32.1. The van der Waals surface area contributed by atoms with Gasteiger partial charge in [0.2, 0.25) is 0 Å². The van der Waals surface area contributed by atoms with Crippen LogP contribution in [0.1, 0.15) is 75.7 Å². The Balaban J connectivity index is 1.53. The molecule has 0 radical (unpaired) electrons. The summed E-state index contributed by atoms with van der Waals surface area (Å²) in [6, 6.07) is 8.47. The summed E-state index contributed by atoms with van der Waals surface area (Å²) in [6.45, 7) is 6.18. The summed E-state index contributed by atoms with van der Waals surface area (Å²) in [4.78, 5) is 28.8. The van der Waals surface area contributed by atoms with Gasteiger partial charge in [0, 0.05) is 26.1 Å². The molecule has 0 unspecified atom stereocenters. The fourth-order valence-corrected chi connectivity index (χ4v) is 5.93. The summed E-state index contributed by atoms with van der Waals surface area (Å²) in [6.07, 6.45) is 3.11.